The van der Waals surface area contributed by atoms with Crippen LogP contribution < -0.4 is 16.0 Å². The monoisotopic (exact) mass is 344 g/mol. The summed E-state index contributed by atoms with van der Waals surface area (Å²) in [6, 6.07) is 8.47. The second-order valence-electron chi connectivity index (χ2n) is 6.89. The lowest BCUT2D eigenvalue weighted by molar-refractivity contribution is 0.0939. The summed E-state index contributed by atoms with van der Waals surface area (Å²) < 4.78 is 0. The predicted octanol–water partition coefficient (Wildman–Crippen LogP) is 3.21. The number of nitrogens with zero attached hydrogens (tertiary/aromatic N) is 1. The summed E-state index contributed by atoms with van der Waals surface area (Å²) in [5.74, 6) is 0.822. The van der Waals surface area contributed by atoms with Crippen LogP contribution in [0.2, 0.25) is 0 Å². The number of guanidine groups is 1. The average Bonchev–Trinajstić information content (AvgIpc) is 2.66. The van der Waals surface area contributed by atoms with E-state index in [0.29, 0.717) is 18.2 Å². The first-order chi connectivity index (χ1) is 12.1. The molecule has 1 amide bonds. The second kappa shape index (κ2) is 10.1. The minimum absolute atomic E-state index is 0.0130. The van der Waals surface area contributed by atoms with Crippen molar-refractivity contribution in [1.29, 1.82) is 0 Å². The van der Waals surface area contributed by atoms with Crippen LogP contribution in [0.1, 0.15) is 68.3 Å². The molecule has 5 heteroatoms. The van der Waals surface area contributed by atoms with Crippen molar-refractivity contribution in [2.45, 2.75) is 71.0 Å². The third-order valence-electron chi connectivity index (χ3n) is 4.81. The number of carbonyl (C=O) groups excluding carboxylic acids is 1. The van der Waals surface area contributed by atoms with Crippen molar-refractivity contribution in [1.82, 2.24) is 16.0 Å². The number of carbonyl (C=O) groups is 1. The van der Waals surface area contributed by atoms with Gasteiger partial charge in [-0.05, 0) is 43.9 Å². The predicted molar refractivity (Wildman–Crippen MR) is 104 cm³/mol. The van der Waals surface area contributed by atoms with Crippen molar-refractivity contribution in [2.75, 3.05) is 7.05 Å². The van der Waals surface area contributed by atoms with Gasteiger partial charge in [0.15, 0.2) is 5.96 Å². The lowest BCUT2D eigenvalue weighted by Gasteiger charge is -2.25. The highest BCUT2D eigenvalue weighted by Crippen LogP contribution is 2.17. The van der Waals surface area contributed by atoms with Gasteiger partial charge in [-0.15, -0.1) is 0 Å². The molecule has 0 saturated heterocycles. The zero-order chi connectivity index (χ0) is 18.1. The first-order valence-electron chi connectivity index (χ1n) is 9.49. The van der Waals surface area contributed by atoms with Crippen molar-refractivity contribution in [2.24, 2.45) is 4.99 Å². The van der Waals surface area contributed by atoms with Crippen LogP contribution in [0, 0.1) is 0 Å². The molecule has 5 nitrogen and oxygen atoms in total. The van der Waals surface area contributed by atoms with E-state index in [9.17, 15) is 4.79 Å². The summed E-state index contributed by atoms with van der Waals surface area (Å²) in [6.45, 7) is 4.73. The SMILES string of the molecule is CCC(C)NC(=O)c1cccc(CNC(=NC)NC2CCCCC2)c1. The summed E-state index contributed by atoms with van der Waals surface area (Å²) in [5.41, 5.74) is 1.78. The molecule has 1 aliphatic rings. The molecule has 138 valence electrons. The minimum Gasteiger partial charge on any atom is -0.354 e. The Morgan fingerprint density at radius 1 is 1.28 bits per heavy atom. The number of aliphatic imine (C=N–C) groups is 1. The van der Waals surface area contributed by atoms with Crippen LogP contribution in [0.4, 0.5) is 0 Å². The fourth-order valence-corrected chi connectivity index (χ4v) is 3.05. The number of rotatable bonds is 6. The fraction of sp³-hybridized carbons (Fsp3) is 0.600. The van der Waals surface area contributed by atoms with Crippen LogP contribution in [0.3, 0.4) is 0 Å². The van der Waals surface area contributed by atoms with Gasteiger partial charge in [-0.1, -0.05) is 38.3 Å². The van der Waals surface area contributed by atoms with Gasteiger partial charge in [0.1, 0.15) is 0 Å². The molecular weight excluding hydrogens is 312 g/mol. The van der Waals surface area contributed by atoms with Crippen molar-refractivity contribution in [3.05, 3.63) is 35.4 Å². The zero-order valence-electron chi connectivity index (χ0n) is 15.8. The molecule has 0 bridgehead atoms. The van der Waals surface area contributed by atoms with Crippen LogP contribution in [-0.4, -0.2) is 31.0 Å². The summed E-state index contributed by atoms with van der Waals surface area (Å²) in [6.07, 6.45) is 7.29. The Hall–Kier alpha value is -2.04. The molecule has 1 aromatic rings. The van der Waals surface area contributed by atoms with Gasteiger partial charge in [0.25, 0.3) is 5.91 Å². The van der Waals surface area contributed by atoms with Gasteiger partial charge in [-0.2, -0.15) is 0 Å². The van der Waals surface area contributed by atoms with E-state index in [1.807, 2.05) is 31.2 Å². The minimum atomic E-state index is -0.0130. The van der Waals surface area contributed by atoms with E-state index in [4.69, 9.17) is 0 Å². The second-order valence-corrected chi connectivity index (χ2v) is 6.89. The zero-order valence-corrected chi connectivity index (χ0v) is 15.8. The molecule has 1 aromatic carbocycles. The summed E-state index contributed by atoms with van der Waals surface area (Å²) >= 11 is 0. The third-order valence-corrected chi connectivity index (χ3v) is 4.81. The Labute approximate surface area is 151 Å². The van der Waals surface area contributed by atoms with E-state index in [-0.39, 0.29) is 11.9 Å². The van der Waals surface area contributed by atoms with Crippen LogP contribution in [0.25, 0.3) is 0 Å². The molecule has 25 heavy (non-hydrogen) atoms. The molecule has 2 rings (SSSR count). The number of hydrogen-bond acceptors (Lipinski definition) is 2. The summed E-state index contributed by atoms with van der Waals surface area (Å²) in [4.78, 5) is 16.6. The molecular formula is C20H32N4O. The van der Waals surface area contributed by atoms with Crippen molar-refractivity contribution in [3.8, 4) is 0 Å². The van der Waals surface area contributed by atoms with Crippen LogP contribution in [0.15, 0.2) is 29.3 Å². The molecule has 1 saturated carbocycles. The Kier molecular flexibility index (Phi) is 7.76. The lowest BCUT2D eigenvalue weighted by Crippen LogP contribution is -2.43. The van der Waals surface area contributed by atoms with Gasteiger partial charge in [0.05, 0.1) is 0 Å². The lowest BCUT2D eigenvalue weighted by atomic mass is 9.96. The van der Waals surface area contributed by atoms with Crippen LogP contribution >= 0.6 is 0 Å². The molecule has 1 aliphatic carbocycles. The third kappa shape index (κ3) is 6.40. The number of benzene rings is 1. The van der Waals surface area contributed by atoms with E-state index in [0.717, 1.165) is 17.9 Å². The smallest absolute Gasteiger partial charge is 0.251 e. The van der Waals surface area contributed by atoms with E-state index in [1.54, 1.807) is 7.05 Å². The molecule has 0 radical (unpaired) electrons. The van der Waals surface area contributed by atoms with Crippen molar-refractivity contribution >= 4 is 11.9 Å². The van der Waals surface area contributed by atoms with Crippen molar-refractivity contribution < 1.29 is 4.79 Å². The highest BCUT2D eigenvalue weighted by molar-refractivity contribution is 5.94. The normalized spacial score (nSPS) is 17.0. The van der Waals surface area contributed by atoms with Gasteiger partial charge >= 0.3 is 0 Å². The van der Waals surface area contributed by atoms with E-state index in [1.165, 1.54) is 32.1 Å². The quantitative estimate of drug-likeness (QED) is 0.548. The Morgan fingerprint density at radius 2 is 2.04 bits per heavy atom. The summed E-state index contributed by atoms with van der Waals surface area (Å²) in [7, 11) is 1.80. The Bertz CT molecular complexity index is 579. The van der Waals surface area contributed by atoms with Gasteiger partial charge in [-0.3, -0.25) is 9.79 Å². The van der Waals surface area contributed by atoms with Gasteiger partial charge in [0.2, 0.25) is 0 Å². The first kappa shape index (κ1) is 19.3. The molecule has 0 aromatic heterocycles. The van der Waals surface area contributed by atoms with E-state index < -0.39 is 0 Å². The maximum absolute atomic E-state index is 12.3. The molecule has 3 N–H and O–H groups in total. The van der Waals surface area contributed by atoms with E-state index >= 15 is 0 Å². The standard InChI is InChI=1S/C20H32N4O/c1-4-15(2)23-19(25)17-10-8-9-16(13-17)14-22-20(21-3)24-18-11-6-5-7-12-18/h8-10,13,15,18H,4-7,11-12,14H2,1-3H3,(H,23,25)(H2,21,22,24). The van der Waals surface area contributed by atoms with Gasteiger partial charge in [0, 0.05) is 31.2 Å². The molecule has 1 fully saturated rings. The van der Waals surface area contributed by atoms with Gasteiger partial charge in [-0.25, -0.2) is 0 Å². The Balaban J connectivity index is 1.88. The maximum Gasteiger partial charge on any atom is 0.251 e. The number of amides is 1. The van der Waals surface area contributed by atoms with E-state index in [2.05, 4.69) is 27.9 Å². The Morgan fingerprint density at radius 3 is 2.72 bits per heavy atom. The highest BCUT2D eigenvalue weighted by Gasteiger charge is 2.14. The average molecular weight is 345 g/mol. The number of nitrogens with one attached hydrogen (secondary N) is 3. The summed E-state index contributed by atoms with van der Waals surface area (Å²) in [5, 5.41) is 9.87. The van der Waals surface area contributed by atoms with Crippen LogP contribution in [0.5, 0.6) is 0 Å². The first-order valence-corrected chi connectivity index (χ1v) is 9.49. The van der Waals surface area contributed by atoms with Gasteiger partial charge < -0.3 is 16.0 Å². The van der Waals surface area contributed by atoms with Crippen LogP contribution in [-0.2, 0) is 6.54 Å². The molecule has 1 atom stereocenters. The molecule has 1 unspecified atom stereocenters. The molecule has 0 heterocycles. The fourth-order valence-electron chi connectivity index (χ4n) is 3.05. The molecule has 0 aliphatic heterocycles. The topological polar surface area (TPSA) is 65.5 Å². The molecule has 0 spiro atoms. The highest BCUT2D eigenvalue weighted by atomic mass is 16.1. The maximum atomic E-state index is 12.3. The van der Waals surface area contributed by atoms with Crippen molar-refractivity contribution in [3.63, 3.8) is 0 Å². The largest absolute Gasteiger partial charge is 0.354 e. The number of hydrogen-bond donors (Lipinski definition) is 3.